The van der Waals surface area contributed by atoms with Gasteiger partial charge in [0.2, 0.25) is 17.8 Å². The van der Waals surface area contributed by atoms with E-state index >= 15 is 0 Å². The van der Waals surface area contributed by atoms with Crippen LogP contribution in [0.4, 0.5) is 10.8 Å². The van der Waals surface area contributed by atoms with Gasteiger partial charge < -0.3 is 20.1 Å². The number of hydrogen-bond acceptors (Lipinski definition) is 8. The molecule has 0 radical (unpaired) electrons. The van der Waals surface area contributed by atoms with E-state index in [1.54, 1.807) is 0 Å². The highest BCUT2D eigenvalue weighted by Gasteiger charge is 2.17. The molecule has 10 heteroatoms. The van der Waals surface area contributed by atoms with Crippen LogP contribution in [0.15, 0.2) is 40.7 Å². The van der Waals surface area contributed by atoms with Gasteiger partial charge in [0.1, 0.15) is 0 Å². The molecule has 1 amide bonds. The second-order valence-electron chi connectivity index (χ2n) is 6.60. The molecule has 1 atom stereocenters. The van der Waals surface area contributed by atoms with Crippen molar-refractivity contribution in [1.29, 1.82) is 0 Å². The van der Waals surface area contributed by atoms with Crippen molar-refractivity contribution in [1.82, 2.24) is 15.5 Å². The summed E-state index contributed by atoms with van der Waals surface area (Å²) in [5.41, 5.74) is 2.78. The molecule has 3 aromatic rings. The number of hydrogen-bond donors (Lipinski definition) is 2. The molecule has 2 N–H and O–H groups in total. The Morgan fingerprint density at radius 2 is 2.10 bits per heavy atom. The Bertz CT molecular complexity index is 1080. The standard InChI is InChI=1S/C20H19ClN4O3S2/c1-11-14(21)4-3-5-15(11)23-19-24-25-20(30-19)29-9-18(26)22-12(2)13-6-7-16-17(8-13)28-10-27-16/h3-8,12H,9-10H2,1-2H3,(H,22,26)(H,23,24)/t12-/m0/s1. The van der Waals surface area contributed by atoms with Gasteiger partial charge in [-0.05, 0) is 49.2 Å². The van der Waals surface area contributed by atoms with Crippen LogP contribution < -0.4 is 20.1 Å². The summed E-state index contributed by atoms with van der Waals surface area (Å²) in [6.07, 6.45) is 0. The number of carbonyl (C=O) groups excluding carboxylic acids is 1. The first-order valence-electron chi connectivity index (χ1n) is 9.17. The highest BCUT2D eigenvalue weighted by Crippen LogP contribution is 2.34. The number of nitrogens with one attached hydrogen (secondary N) is 2. The zero-order valence-electron chi connectivity index (χ0n) is 16.3. The van der Waals surface area contributed by atoms with Crippen molar-refractivity contribution in [3.8, 4) is 11.5 Å². The minimum Gasteiger partial charge on any atom is -0.454 e. The predicted molar refractivity (Wildman–Crippen MR) is 119 cm³/mol. The Morgan fingerprint density at radius 3 is 2.97 bits per heavy atom. The number of carbonyl (C=O) groups is 1. The van der Waals surface area contributed by atoms with E-state index in [1.165, 1.54) is 23.1 Å². The van der Waals surface area contributed by atoms with Gasteiger partial charge in [0.05, 0.1) is 11.8 Å². The SMILES string of the molecule is Cc1c(Cl)cccc1Nc1nnc(SCC(=O)N[C@@H](C)c2ccc3c(c2)OCO3)s1. The molecule has 7 nitrogen and oxygen atoms in total. The first-order chi connectivity index (χ1) is 14.5. The number of nitrogens with zero attached hydrogens (tertiary/aromatic N) is 2. The summed E-state index contributed by atoms with van der Waals surface area (Å²) in [5, 5.41) is 15.8. The molecular formula is C20H19ClN4O3S2. The minimum absolute atomic E-state index is 0.0828. The molecule has 2 aromatic carbocycles. The van der Waals surface area contributed by atoms with Crippen LogP contribution in [0.2, 0.25) is 5.02 Å². The van der Waals surface area contributed by atoms with E-state index in [9.17, 15) is 4.79 Å². The fourth-order valence-corrected chi connectivity index (χ4v) is 4.60. The van der Waals surface area contributed by atoms with Crippen LogP contribution in [0.3, 0.4) is 0 Å². The predicted octanol–water partition coefficient (Wildman–Crippen LogP) is 4.94. The van der Waals surface area contributed by atoms with Crippen LogP contribution in [-0.2, 0) is 4.79 Å². The number of thioether (sulfide) groups is 1. The van der Waals surface area contributed by atoms with E-state index in [-0.39, 0.29) is 24.5 Å². The molecule has 0 unspecified atom stereocenters. The van der Waals surface area contributed by atoms with Gasteiger partial charge >= 0.3 is 0 Å². The molecule has 0 spiro atoms. The monoisotopic (exact) mass is 462 g/mol. The lowest BCUT2D eigenvalue weighted by atomic mass is 10.1. The smallest absolute Gasteiger partial charge is 0.231 e. The number of halogens is 1. The minimum atomic E-state index is -0.148. The summed E-state index contributed by atoms with van der Waals surface area (Å²) in [7, 11) is 0. The van der Waals surface area contributed by atoms with Crippen LogP contribution in [0.5, 0.6) is 11.5 Å². The maximum atomic E-state index is 12.4. The summed E-state index contributed by atoms with van der Waals surface area (Å²) in [4.78, 5) is 12.4. The first-order valence-corrected chi connectivity index (χ1v) is 11.3. The van der Waals surface area contributed by atoms with Crippen LogP contribution in [-0.4, -0.2) is 28.7 Å². The van der Waals surface area contributed by atoms with Gasteiger partial charge in [-0.15, -0.1) is 10.2 Å². The fraction of sp³-hybridized carbons (Fsp3) is 0.250. The van der Waals surface area contributed by atoms with E-state index in [1.807, 2.05) is 50.2 Å². The summed E-state index contributed by atoms with van der Waals surface area (Å²) >= 11 is 8.88. The Kier molecular flexibility index (Phi) is 6.31. The molecule has 1 aliphatic heterocycles. The van der Waals surface area contributed by atoms with Gasteiger partial charge in [0, 0.05) is 10.7 Å². The van der Waals surface area contributed by atoms with E-state index < -0.39 is 0 Å². The highest BCUT2D eigenvalue weighted by molar-refractivity contribution is 8.01. The second kappa shape index (κ2) is 9.11. The Labute approximate surface area is 187 Å². The van der Waals surface area contributed by atoms with Crippen molar-refractivity contribution < 1.29 is 14.3 Å². The molecule has 2 heterocycles. The lowest BCUT2D eigenvalue weighted by Gasteiger charge is -2.14. The zero-order valence-corrected chi connectivity index (χ0v) is 18.7. The molecule has 0 aliphatic carbocycles. The lowest BCUT2D eigenvalue weighted by molar-refractivity contribution is -0.119. The third-order valence-corrected chi connectivity index (χ3v) is 6.90. The largest absolute Gasteiger partial charge is 0.454 e. The number of fused-ring (bicyclic) bond motifs is 1. The summed E-state index contributed by atoms with van der Waals surface area (Å²) < 4.78 is 11.4. The van der Waals surface area contributed by atoms with E-state index in [0.717, 1.165) is 22.6 Å². The van der Waals surface area contributed by atoms with Crippen molar-refractivity contribution in [3.63, 3.8) is 0 Å². The van der Waals surface area contributed by atoms with E-state index in [2.05, 4.69) is 20.8 Å². The summed E-state index contributed by atoms with van der Waals surface area (Å²) in [6.45, 7) is 4.10. The Balaban J connectivity index is 1.29. The normalized spacial score (nSPS) is 13.2. The third kappa shape index (κ3) is 4.80. The molecule has 1 aliphatic rings. The first kappa shape index (κ1) is 20.8. The van der Waals surface area contributed by atoms with Gasteiger partial charge in [-0.1, -0.05) is 46.8 Å². The molecule has 0 fully saturated rings. The topological polar surface area (TPSA) is 85.4 Å². The molecule has 4 rings (SSSR count). The second-order valence-corrected chi connectivity index (χ2v) is 9.21. The number of anilines is 2. The van der Waals surface area contributed by atoms with Crippen molar-refractivity contribution in [3.05, 3.63) is 52.5 Å². The van der Waals surface area contributed by atoms with Crippen LogP contribution >= 0.6 is 34.7 Å². The van der Waals surface area contributed by atoms with Crippen LogP contribution in [0.25, 0.3) is 0 Å². The summed E-state index contributed by atoms with van der Waals surface area (Å²) in [6, 6.07) is 11.2. The molecule has 0 saturated carbocycles. The lowest BCUT2D eigenvalue weighted by Crippen LogP contribution is -2.28. The maximum absolute atomic E-state index is 12.4. The van der Waals surface area contributed by atoms with Crippen molar-refractivity contribution in [2.24, 2.45) is 0 Å². The maximum Gasteiger partial charge on any atom is 0.231 e. The molecule has 156 valence electrons. The van der Waals surface area contributed by atoms with Gasteiger partial charge in [-0.3, -0.25) is 4.79 Å². The average Bonchev–Trinajstić information content (AvgIpc) is 3.38. The van der Waals surface area contributed by atoms with Gasteiger partial charge in [-0.25, -0.2) is 0 Å². The number of ether oxygens (including phenoxy) is 2. The quantitative estimate of drug-likeness (QED) is 0.481. The van der Waals surface area contributed by atoms with Crippen molar-refractivity contribution in [2.45, 2.75) is 24.2 Å². The molecule has 30 heavy (non-hydrogen) atoms. The molecule has 0 saturated heterocycles. The van der Waals surface area contributed by atoms with Crippen LogP contribution in [0.1, 0.15) is 24.1 Å². The molecule has 1 aromatic heterocycles. The van der Waals surface area contributed by atoms with Gasteiger partial charge in [-0.2, -0.15) is 0 Å². The van der Waals surface area contributed by atoms with E-state index in [0.29, 0.717) is 20.2 Å². The number of amides is 1. The summed E-state index contributed by atoms with van der Waals surface area (Å²) in [5.74, 6) is 1.59. The Morgan fingerprint density at radius 1 is 1.27 bits per heavy atom. The zero-order chi connectivity index (χ0) is 21.1. The highest BCUT2D eigenvalue weighted by atomic mass is 35.5. The van der Waals surface area contributed by atoms with E-state index in [4.69, 9.17) is 21.1 Å². The average molecular weight is 463 g/mol. The van der Waals surface area contributed by atoms with Gasteiger partial charge in [0.15, 0.2) is 15.8 Å². The third-order valence-electron chi connectivity index (χ3n) is 4.52. The van der Waals surface area contributed by atoms with Crippen molar-refractivity contribution >= 4 is 51.4 Å². The van der Waals surface area contributed by atoms with Gasteiger partial charge in [0.25, 0.3) is 0 Å². The Hall–Kier alpha value is -2.49. The number of aromatic nitrogens is 2. The van der Waals surface area contributed by atoms with Crippen LogP contribution in [0, 0.1) is 6.92 Å². The number of rotatable bonds is 7. The molecule has 0 bridgehead atoms. The molecular weight excluding hydrogens is 444 g/mol. The van der Waals surface area contributed by atoms with Crippen molar-refractivity contribution in [2.75, 3.05) is 17.9 Å². The fourth-order valence-electron chi connectivity index (χ4n) is 2.85. The number of benzene rings is 2.